The molecule has 2 heterocycles. The zero-order chi connectivity index (χ0) is 19.8. The minimum atomic E-state index is -0.249. The van der Waals surface area contributed by atoms with E-state index in [0.717, 1.165) is 59.0 Å². The average molecular weight is 387 g/mol. The maximum absolute atomic E-state index is 13.6. The van der Waals surface area contributed by atoms with Crippen molar-refractivity contribution in [3.8, 4) is 11.1 Å². The minimum absolute atomic E-state index is 0.135. The first kappa shape index (κ1) is 18.0. The quantitative estimate of drug-likeness (QED) is 0.513. The molecule has 3 aromatic rings. The van der Waals surface area contributed by atoms with Gasteiger partial charge in [0, 0.05) is 28.9 Å². The van der Waals surface area contributed by atoms with Gasteiger partial charge in [-0.3, -0.25) is 9.78 Å². The molecule has 4 heteroatoms. The highest BCUT2D eigenvalue weighted by molar-refractivity contribution is 5.99. The Kier molecular flexibility index (Phi) is 4.62. The SMILES string of the molecule is O=C1CCC[C@@H](C=Cc2c(C3CC3)nc3ccccc3c2-c2ccc(F)cc2)O1. The van der Waals surface area contributed by atoms with Crippen LogP contribution < -0.4 is 0 Å². The molecule has 2 fully saturated rings. The lowest BCUT2D eigenvalue weighted by Crippen LogP contribution is -2.21. The second kappa shape index (κ2) is 7.43. The van der Waals surface area contributed by atoms with E-state index < -0.39 is 0 Å². The molecule has 0 spiro atoms. The summed E-state index contributed by atoms with van der Waals surface area (Å²) < 4.78 is 19.1. The molecule has 0 radical (unpaired) electrons. The van der Waals surface area contributed by atoms with Crippen LogP contribution in [0.15, 0.2) is 54.6 Å². The zero-order valence-corrected chi connectivity index (χ0v) is 16.1. The number of ether oxygens (including phenoxy) is 1. The first-order chi connectivity index (χ1) is 14.2. The fraction of sp³-hybridized carbons (Fsp3) is 0.280. The highest BCUT2D eigenvalue weighted by Crippen LogP contribution is 2.45. The Balaban J connectivity index is 1.69. The molecule has 2 aliphatic rings. The maximum atomic E-state index is 13.6. The Morgan fingerprint density at radius 1 is 1.03 bits per heavy atom. The molecular formula is C25H22FNO2. The van der Waals surface area contributed by atoms with Gasteiger partial charge in [-0.05, 0) is 55.5 Å². The summed E-state index contributed by atoms with van der Waals surface area (Å²) in [5.74, 6) is 0.0665. The molecule has 0 bridgehead atoms. The number of halogens is 1. The van der Waals surface area contributed by atoms with Crippen LogP contribution in [-0.2, 0) is 9.53 Å². The summed E-state index contributed by atoms with van der Waals surface area (Å²) in [6.07, 6.45) is 8.31. The number of pyridine rings is 1. The Morgan fingerprint density at radius 3 is 2.59 bits per heavy atom. The number of carbonyl (C=O) groups is 1. The first-order valence-corrected chi connectivity index (χ1v) is 10.3. The van der Waals surface area contributed by atoms with Gasteiger partial charge in [-0.2, -0.15) is 0 Å². The molecule has 1 aliphatic carbocycles. The Bertz CT molecular complexity index is 1100. The van der Waals surface area contributed by atoms with E-state index >= 15 is 0 Å². The third-order valence-corrected chi connectivity index (χ3v) is 5.69. The maximum Gasteiger partial charge on any atom is 0.306 e. The van der Waals surface area contributed by atoms with Crippen LogP contribution in [0.3, 0.4) is 0 Å². The number of cyclic esters (lactones) is 1. The van der Waals surface area contributed by atoms with Crippen molar-refractivity contribution in [3.63, 3.8) is 0 Å². The molecule has 0 N–H and O–H groups in total. The second-order valence-corrected chi connectivity index (χ2v) is 7.86. The summed E-state index contributed by atoms with van der Waals surface area (Å²) in [5.41, 5.74) is 5.12. The van der Waals surface area contributed by atoms with E-state index in [2.05, 4.69) is 12.1 Å². The van der Waals surface area contributed by atoms with Crippen LogP contribution in [0.4, 0.5) is 4.39 Å². The summed E-state index contributed by atoms with van der Waals surface area (Å²) >= 11 is 0. The third-order valence-electron chi connectivity index (χ3n) is 5.69. The van der Waals surface area contributed by atoms with E-state index in [4.69, 9.17) is 9.72 Å². The Hall–Kier alpha value is -3.01. The average Bonchev–Trinajstić information content (AvgIpc) is 3.57. The molecule has 1 saturated heterocycles. The van der Waals surface area contributed by atoms with Crippen LogP contribution in [-0.4, -0.2) is 17.1 Å². The third kappa shape index (κ3) is 3.67. The van der Waals surface area contributed by atoms with E-state index in [-0.39, 0.29) is 17.9 Å². The van der Waals surface area contributed by atoms with Gasteiger partial charge in [-0.15, -0.1) is 0 Å². The summed E-state index contributed by atoms with van der Waals surface area (Å²) in [6.45, 7) is 0. The summed E-state index contributed by atoms with van der Waals surface area (Å²) in [5, 5.41) is 1.05. The van der Waals surface area contributed by atoms with E-state index in [0.29, 0.717) is 12.3 Å². The van der Waals surface area contributed by atoms with Gasteiger partial charge in [-0.1, -0.05) is 36.4 Å². The molecule has 0 amide bonds. The highest BCUT2D eigenvalue weighted by atomic mass is 19.1. The van der Waals surface area contributed by atoms with Crippen molar-refractivity contribution in [2.75, 3.05) is 0 Å². The van der Waals surface area contributed by atoms with Crippen LogP contribution >= 0.6 is 0 Å². The number of esters is 1. The Morgan fingerprint density at radius 2 is 1.83 bits per heavy atom. The number of fused-ring (bicyclic) bond motifs is 1. The van der Waals surface area contributed by atoms with Gasteiger partial charge in [0.15, 0.2) is 0 Å². The smallest absolute Gasteiger partial charge is 0.306 e. The van der Waals surface area contributed by atoms with Crippen molar-refractivity contribution in [2.24, 2.45) is 0 Å². The van der Waals surface area contributed by atoms with Gasteiger partial charge in [0.05, 0.1) is 11.2 Å². The number of hydrogen-bond acceptors (Lipinski definition) is 3. The van der Waals surface area contributed by atoms with Crippen molar-refractivity contribution < 1.29 is 13.9 Å². The number of rotatable bonds is 4. The van der Waals surface area contributed by atoms with Crippen LogP contribution in [0.2, 0.25) is 0 Å². The van der Waals surface area contributed by atoms with Crippen molar-refractivity contribution >= 4 is 22.9 Å². The molecule has 2 aromatic carbocycles. The number of carbonyl (C=O) groups excluding carboxylic acids is 1. The van der Waals surface area contributed by atoms with Gasteiger partial charge in [0.1, 0.15) is 11.9 Å². The lowest BCUT2D eigenvalue weighted by molar-refractivity contribution is -0.150. The molecule has 1 saturated carbocycles. The molecule has 1 aromatic heterocycles. The number of nitrogens with zero attached hydrogens (tertiary/aromatic N) is 1. The van der Waals surface area contributed by atoms with Crippen molar-refractivity contribution in [1.82, 2.24) is 4.98 Å². The summed E-state index contributed by atoms with van der Waals surface area (Å²) in [4.78, 5) is 16.6. The van der Waals surface area contributed by atoms with Gasteiger partial charge in [0.25, 0.3) is 0 Å². The first-order valence-electron chi connectivity index (χ1n) is 10.3. The summed E-state index contributed by atoms with van der Waals surface area (Å²) in [6, 6.07) is 14.7. The van der Waals surface area contributed by atoms with Crippen molar-refractivity contribution in [2.45, 2.75) is 44.1 Å². The molecule has 3 nitrogen and oxygen atoms in total. The fourth-order valence-corrected chi connectivity index (χ4v) is 4.08. The number of aromatic nitrogens is 1. The number of benzene rings is 2. The largest absolute Gasteiger partial charge is 0.458 e. The molecule has 1 atom stereocenters. The van der Waals surface area contributed by atoms with Gasteiger partial charge in [0.2, 0.25) is 0 Å². The predicted molar refractivity (Wildman–Crippen MR) is 112 cm³/mol. The van der Waals surface area contributed by atoms with Crippen LogP contribution in [0, 0.1) is 5.82 Å². The lowest BCUT2D eigenvalue weighted by Gasteiger charge is -2.20. The molecule has 0 unspecified atom stereocenters. The van der Waals surface area contributed by atoms with Gasteiger partial charge < -0.3 is 4.74 Å². The normalized spacial score (nSPS) is 19.6. The zero-order valence-electron chi connectivity index (χ0n) is 16.1. The van der Waals surface area contributed by atoms with Gasteiger partial charge in [-0.25, -0.2) is 4.39 Å². The molecule has 5 rings (SSSR count). The Labute approximate surface area is 169 Å². The lowest BCUT2D eigenvalue weighted by atomic mass is 9.92. The number of para-hydroxylation sites is 1. The van der Waals surface area contributed by atoms with Crippen molar-refractivity contribution in [3.05, 3.63) is 71.7 Å². The van der Waals surface area contributed by atoms with Crippen molar-refractivity contribution in [1.29, 1.82) is 0 Å². The summed E-state index contributed by atoms with van der Waals surface area (Å²) in [7, 11) is 0. The monoisotopic (exact) mass is 387 g/mol. The molecule has 1 aliphatic heterocycles. The topological polar surface area (TPSA) is 39.2 Å². The molecule has 146 valence electrons. The predicted octanol–water partition coefficient (Wildman–Crippen LogP) is 6.03. The second-order valence-electron chi connectivity index (χ2n) is 7.86. The number of hydrogen-bond donors (Lipinski definition) is 0. The molecule has 29 heavy (non-hydrogen) atoms. The van der Waals surface area contributed by atoms with E-state index in [1.54, 1.807) is 0 Å². The van der Waals surface area contributed by atoms with Crippen LogP contribution in [0.1, 0.15) is 49.3 Å². The standard InChI is InChI=1S/C25H22FNO2/c26-18-12-10-16(11-13-18)24-20-5-1-2-6-22(20)27-25(17-8-9-17)21(24)15-14-19-4-3-7-23(28)29-19/h1-2,5-6,10-15,17,19H,3-4,7-9H2/t19-/m0/s1. The van der Waals surface area contributed by atoms with E-state index in [1.807, 2.05) is 36.4 Å². The van der Waals surface area contributed by atoms with Gasteiger partial charge >= 0.3 is 5.97 Å². The van der Waals surface area contributed by atoms with E-state index in [9.17, 15) is 9.18 Å². The highest BCUT2D eigenvalue weighted by Gasteiger charge is 2.29. The minimum Gasteiger partial charge on any atom is -0.458 e. The molecular weight excluding hydrogens is 365 g/mol. The van der Waals surface area contributed by atoms with E-state index in [1.165, 1.54) is 12.1 Å². The fourth-order valence-electron chi connectivity index (χ4n) is 4.08. The van der Waals surface area contributed by atoms with Crippen LogP contribution in [0.5, 0.6) is 0 Å². The van der Waals surface area contributed by atoms with Crippen LogP contribution in [0.25, 0.3) is 28.1 Å².